The quantitative estimate of drug-likeness (QED) is 0.905. The summed E-state index contributed by atoms with van der Waals surface area (Å²) in [5, 5.41) is 0. The average Bonchev–Trinajstić information content (AvgIpc) is 2.46. The van der Waals surface area contributed by atoms with Gasteiger partial charge in [-0.25, -0.2) is 0 Å². The third-order valence-corrected chi connectivity index (χ3v) is 3.85. The number of nitrogens with zero attached hydrogens (tertiary/aromatic N) is 1. The van der Waals surface area contributed by atoms with Crippen molar-refractivity contribution in [2.75, 3.05) is 20.2 Å². The standard InChI is InChI=1S/C15H22N2O2/c1-11-7-8-17(13(9-11)10-16)15(18)12-3-5-14(19-2)6-4-12/h3-6,11,13H,7-10,16H2,1-2H3. The van der Waals surface area contributed by atoms with Crippen molar-refractivity contribution in [1.29, 1.82) is 0 Å². The molecule has 2 atom stereocenters. The van der Waals surface area contributed by atoms with E-state index >= 15 is 0 Å². The maximum absolute atomic E-state index is 12.5. The molecule has 0 spiro atoms. The van der Waals surface area contributed by atoms with Gasteiger partial charge in [-0.2, -0.15) is 0 Å². The van der Waals surface area contributed by atoms with Crippen LogP contribution in [0.2, 0.25) is 0 Å². The van der Waals surface area contributed by atoms with Gasteiger partial charge in [0.1, 0.15) is 5.75 Å². The first-order valence-electron chi connectivity index (χ1n) is 6.80. The van der Waals surface area contributed by atoms with E-state index in [1.165, 1.54) is 0 Å². The number of hydrogen-bond acceptors (Lipinski definition) is 3. The van der Waals surface area contributed by atoms with E-state index in [1.807, 2.05) is 29.2 Å². The van der Waals surface area contributed by atoms with Gasteiger partial charge in [0, 0.05) is 24.7 Å². The van der Waals surface area contributed by atoms with E-state index in [9.17, 15) is 4.79 Å². The third kappa shape index (κ3) is 3.07. The van der Waals surface area contributed by atoms with Crippen molar-refractivity contribution < 1.29 is 9.53 Å². The molecular weight excluding hydrogens is 240 g/mol. The first-order valence-corrected chi connectivity index (χ1v) is 6.80. The van der Waals surface area contributed by atoms with Gasteiger partial charge in [-0.05, 0) is 43.0 Å². The van der Waals surface area contributed by atoms with Crippen LogP contribution in [0, 0.1) is 5.92 Å². The number of benzene rings is 1. The van der Waals surface area contributed by atoms with E-state index in [2.05, 4.69) is 6.92 Å². The molecule has 0 bridgehead atoms. The fourth-order valence-corrected chi connectivity index (χ4v) is 2.64. The minimum Gasteiger partial charge on any atom is -0.497 e. The maximum Gasteiger partial charge on any atom is 0.254 e. The SMILES string of the molecule is COc1ccc(C(=O)N2CCC(C)CC2CN)cc1. The number of likely N-dealkylation sites (tertiary alicyclic amines) is 1. The number of ether oxygens (including phenoxy) is 1. The zero-order valence-corrected chi connectivity index (χ0v) is 11.6. The lowest BCUT2D eigenvalue weighted by Crippen LogP contribution is -2.49. The predicted octanol–water partition coefficient (Wildman–Crippen LogP) is 1.89. The second kappa shape index (κ2) is 6.06. The lowest BCUT2D eigenvalue weighted by molar-refractivity contribution is 0.0573. The molecule has 2 rings (SSSR count). The molecule has 4 heteroatoms. The first kappa shape index (κ1) is 13.9. The van der Waals surface area contributed by atoms with E-state index in [1.54, 1.807) is 7.11 Å². The molecule has 0 aromatic heterocycles. The summed E-state index contributed by atoms with van der Waals surface area (Å²) in [5.74, 6) is 1.48. The van der Waals surface area contributed by atoms with Crippen molar-refractivity contribution in [2.24, 2.45) is 11.7 Å². The van der Waals surface area contributed by atoms with E-state index in [0.29, 0.717) is 18.0 Å². The molecule has 1 heterocycles. The fourth-order valence-electron chi connectivity index (χ4n) is 2.64. The van der Waals surface area contributed by atoms with E-state index < -0.39 is 0 Å². The molecule has 0 aliphatic carbocycles. The van der Waals surface area contributed by atoms with Gasteiger partial charge in [-0.15, -0.1) is 0 Å². The monoisotopic (exact) mass is 262 g/mol. The Balaban J connectivity index is 2.13. The minimum absolute atomic E-state index is 0.0741. The highest BCUT2D eigenvalue weighted by Gasteiger charge is 2.29. The van der Waals surface area contributed by atoms with E-state index in [0.717, 1.165) is 25.1 Å². The molecule has 0 radical (unpaired) electrons. The van der Waals surface area contributed by atoms with Gasteiger partial charge in [0.15, 0.2) is 0 Å². The zero-order chi connectivity index (χ0) is 13.8. The highest BCUT2D eigenvalue weighted by molar-refractivity contribution is 5.94. The van der Waals surface area contributed by atoms with Crippen molar-refractivity contribution in [1.82, 2.24) is 4.90 Å². The summed E-state index contributed by atoms with van der Waals surface area (Å²) in [4.78, 5) is 14.4. The van der Waals surface area contributed by atoms with Crippen LogP contribution in [0.4, 0.5) is 0 Å². The Kier molecular flexibility index (Phi) is 4.43. The Morgan fingerprint density at radius 2 is 2.11 bits per heavy atom. The summed E-state index contributed by atoms with van der Waals surface area (Å²) in [7, 11) is 1.62. The van der Waals surface area contributed by atoms with Gasteiger partial charge in [0.2, 0.25) is 0 Å². The van der Waals surface area contributed by atoms with Crippen LogP contribution >= 0.6 is 0 Å². The van der Waals surface area contributed by atoms with Gasteiger partial charge in [-0.1, -0.05) is 6.92 Å². The smallest absolute Gasteiger partial charge is 0.254 e. The molecule has 2 N–H and O–H groups in total. The molecule has 4 nitrogen and oxygen atoms in total. The van der Waals surface area contributed by atoms with Crippen molar-refractivity contribution in [3.63, 3.8) is 0 Å². The second-order valence-electron chi connectivity index (χ2n) is 5.25. The van der Waals surface area contributed by atoms with Crippen LogP contribution in [-0.4, -0.2) is 37.0 Å². The normalized spacial score (nSPS) is 23.2. The molecule has 2 unspecified atom stereocenters. The van der Waals surface area contributed by atoms with Gasteiger partial charge in [0.25, 0.3) is 5.91 Å². The summed E-state index contributed by atoms with van der Waals surface area (Å²) >= 11 is 0. The third-order valence-electron chi connectivity index (χ3n) is 3.85. The highest BCUT2D eigenvalue weighted by Crippen LogP contribution is 2.24. The van der Waals surface area contributed by atoms with Gasteiger partial charge in [-0.3, -0.25) is 4.79 Å². The number of methoxy groups -OCH3 is 1. The summed E-state index contributed by atoms with van der Waals surface area (Å²) in [5.41, 5.74) is 6.51. The van der Waals surface area contributed by atoms with Gasteiger partial charge in [0.05, 0.1) is 7.11 Å². The average molecular weight is 262 g/mol. The maximum atomic E-state index is 12.5. The van der Waals surface area contributed by atoms with Crippen molar-refractivity contribution in [3.05, 3.63) is 29.8 Å². The Labute approximate surface area is 114 Å². The van der Waals surface area contributed by atoms with Crippen molar-refractivity contribution in [2.45, 2.75) is 25.8 Å². The summed E-state index contributed by atoms with van der Waals surface area (Å²) in [6, 6.07) is 7.42. The second-order valence-corrected chi connectivity index (χ2v) is 5.25. The fraction of sp³-hybridized carbons (Fsp3) is 0.533. The predicted molar refractivity (Wildman–Crippen MR) is 75.3 cm³/mol. The van der Waals surface area contributed by atoms with Gasteiger partial charge >= 0.3 is 0 Å². The Hall–Kier alpha value is -1.55. The molecule has 1 aromatic rings. The zero-order valence-electron chi connectivity index (χ0n) is 11.6. The minimum atomic E-state index is 0.0741. The highest BCUT2D eigenvalue weighted by atomic mass is 16.5. The molecular formula is C15H22N2O2. The molecule has 1 aliphatic heterocycles. The van der Waals surface area contributed by atoms with Crippen LogP contribution in [0.25, 0.3) is 0 Å². The summed E-state index contributed by atoms with van der Waals surface area (Å²) in [6.45, 7) is 3.55. The number of carbonyl (C=O) groups is 1. The van der Waals surface area contributed by atoms with Crippen LogP contribution in [-0.2, 0) is 0 Å². The Morgan fingerprint density at radius 1 is 1.42 bits per heavy atom. The molecule has 1 fully saturated rings. The Bertz CT molecular complexity index is 430. The topological polar surface area (TPSA) is 55.6 Å². The Morgan fingerprint density at radius 3 is 2.68 bits per heavy atom. The first-order chi connectivity index (χ1) is 9.15. The number of carbonyl (C=O) groups excluding carboxylic acids is 1. The van der Waals surface area contributed by atoms with Crippen LogP contribution in [0.3, 0.4) is 0 Å². The molecule has 19 heavy (non-hydrogen) atoms. The number of hydrogen-bond donors (Lipinski definition) is 1. The molecule has 0 saturated carbocycles. The number of amides is 1. The van der Waals surface area contributed by atoms with Crippen LogP contribution in [0.1, 0.15) is 30.1 Å². The van der Waals surface area contributed by atoms with Crippen LogP contribution < -0.4 is 10.5 Å². The van der Waals surface area contributed by atoms with E-state index in [4.69, 9.17) is 10.5 Å². The largest absolute Gasteiger partial charge is 0.497 e. The van der Waals surface area contributed by atoms with Crippen LogP contribution in [0.5, 0.6) is 5.75 Å². The number of rotatable bonds is 3. The van der Waals surface area contributed by atoms with Gasteiger partial charge < -0.3 is 15.4 Å². The van der Waals surface area contributed by atoms with Crippen molar-refractivity contribution in [3.8, 4) is 5.75 Å². The summed E-state index contributed by atoms with van der Waals surface area (Å²) < 4.78 is 5.11. The molecule has 1 saturated heterocycles. The summed E-state index contributed by atoms with van der Waals surface area (Å²) in [6.07, 6.45) is 2.05. The van der Waals surface area contributed by atoms with Crippen molar-refractivity contribution >= 4 is 5.91 Å². The van der Waals surface area contributed by atoms with E-state index in [-0.39, 0.29) is 11.9 Å². The number of piperidine rings is 1. The van der Waals surface area contributed by atoms with Crippen LogP contribution in [0.15, 0.2) is 24.3 Å². The molecule has 1 amide bonds. The number of nitrogens with two attached hydrogens (primary N) is 1. The lowest BCUT2D eigenvalue weighted by atomic mass is 9.92. The molecule has 1 aromatic carbocycles. The molecule has 104 valence electrons. The lowest BCUT2D eigenvalue weighted by Gasteiger charge is -2.38. The molecule has 1 aliphatic rings.